The number of carboxylic acid groups (broad SMARTS) is 1. The lowest BCUT2D eigenvalue weighted by molar-refractivity contribution is -0.137. The van der Waals surface area contributed by atoms with Gasteiger partial charge in [0, 0.05) is 43.9 Å². The average Bonchev–Trinajstić information content (AvgIpc) is 3.03. The minimum Gasteiger partial charge on any atom is -0.481 e. The van der Waals surface area contributed by atoms with Crippen molar-refractivity contribution in [2.45, 2.75) is 26.3 Å². The van der Waals surface area contributed by atoms with E-state index in [9.17, 15) is 19.5 Å². The molecule has 4 aromatic rings. The molecule has 0 fully saturated rings. The SMILES string of the molecule is Cc1ccc(CCN(CCC(=O)O)C(=O)c2ccccc2-c2ccccc2C(=O)N(CCN(C)C)Cc2ccccc2)cc1. The van der Waals surface area contributed by atoms with Gasteiger partial charge < -0.3 is 19.8 Å². The van der Waals surface area contributed by atoms with Crippen LogP contribution in [0.15, 0.2) is 103 Å². The van der Waals surface area contributed by atoms with Gasteiger partial charge in [0.25, 0.3) is 11.8 Å². The largest absolute Gasteiger partial charge is 0.481 e. The van der Waals surface area contributed by atoms with Crippen LogP contribution < -0.4 is 0 Å². The maximum absolute atomic E-state index is 14.2. The highest BCUT2D eigenvalue weighted by atomic mass is 16.4. The number of carbonyl (C=O) groups excluding carboxylic acids is 2. The molecule has 4 aromatic carbocycles. The minimum atomic E-state index is -0.960. The van der Waals surface area contributed by atoms with Crippen LogP contribution in [0.5, 0.6) is 0 Å². The molecule has 0 aromatic heterocycles. The Morgan fingerprint density at radius 1 is 0.591 bits per heavy atom. The summed E-state index contributed by atoms with van der Waals surface area (Å²) in [5.74, 6) is -1.33. The third kappa shape index (κ3) is 8.88. The van der Waals surface area contributed by atoms with E-state index < -0.39 is 5.97 Å². The predicted molar refractivity (Wildman–Crippen MR) is 175 cm³/mol. The molecule has 228 valence electrons. The van der Waals surface area contributed by atoms with Gasteiger partial charge in [0.05, 0.1) is 6.42 Å². The zero-order valence-electron chi connectivity index (χ0n) is 25.8. The molecule has 7 nitrogen and oxygen atoms in total. The number of carboxylic acids is 1. The van der Waals surface area contributed by atoms with Crippen molar-refractivity contribution >= 4 is 17.8 Å². The summed E-state index contributed by atoms with van der Waals surface area (Å²) in [5, 5.41) is 9.41. The number of hydrogen-bond donors (Lipinski definition) is 1. The lowest BCUT2D eigenvalue weighted by atomic mass is 9.93. The van der Waals surface area contributed by atoms with Crippen LogP contribution in [-0.4, -0.2) is 77.9 Å². The van der Waals surface area contributed by atoms with Crippen LogP contribution in [0.25, 0.3) is 11.1 Å². The topological polar surface area (TPSA) is 81.2 Å². The summed E-state index contributed by atoms with van der Waals surface area (Å²) in [6, 6.07) is 32.7. The predicted octanol–water partition coefficient (Wildman–Crippen LogP) is 6.03. The standard InChI is InChI=1S/C37H41N3O4/c1-28-17-19-29(20-18-28)21-23-39(24-22-35(41)42)36(43)33-15-9-7-13-31(33)32-14-8-10-16-34(32)37(44)40(26-25-38(2)3)27-30-11-5-4-6-12-30/h4-20H,21-27H2,1-3H3,(H,41,42). The van der Waals surface area contributed by atoms with Gasteiger partial charge in [0.2, 0.25) is 0 Å². The molecule has 0 heterocycles. The first-order valence-electron chi connectivity index (χ1n) is 15.0. The van der Waals surface area contributed by atoms with E-state index >= 15 is 0 Å². The first kappa shape index (κ1) is 32.2. The molecule has 7 heteroatoms. The van der Waals surface area contributed by atoms with E-state index in [0.29, 0.717) is 54.9 Å². The summed E-state index contributed by atoms with van der Waals surface area (Å²) < 4.78 is 0. The smallest absolute Gasteiger partial charge is 0.305 e. The van der Waals surface area contributed by atoms with Crippen LogP contribution in [0.1, 0.15) is 43.8 Å². The molecular weight excluding hydrogens is 550 g/mol. The average molecular weight is 592 g/mol. The van der Waals surface area contributed by atoms with E-state index in [1.54, 1.807) is 17.0 Å². The number of aliphatic carboxylic acids is 1. The fourth-order valence-electron chi connectivity index (χ4n) is 5.09. The molecule has 4 rings (SSSR count). The van der Waals surface area contributed by atoms with Gasteiger partial charge >= 0.3 is 5.97 Å². The molecule has 0 saturated heterocycles. The second-order valence-corrected chi connectivity index (χ2v) is 11.3. The van der Waals surface area contributed by atoms with Crippen molar-refractivity contribution in [3.63, 3.8) is 0 Å². The highest BCUT2D eigenvalue weighted by Gasteiger charge is 2.24. The normalized spacial score (nSPS) is 10.9. The molecule has 1 N–H and O–H groups in total. The number of aryl methyl sites for hydroxylation is 1. The molecule has 0 aliphatic rings. The molecule has 0 aliphatic carbocycles. The van der Waals surface area contributed by atoms with E-state index in [4.69, 9.17) is 0 Å². The number of hydrogen-bond acceptors (Lipinski definition) is 4. The summed E-state index contributed by atoms with van der Waals surface area (Å²) in [6.07, 6.45) is 0.445. The maximum Gasteiger partial charge on any atom is 0.305 e. The Kier molecular flexibility index (Phi) is 11.4. The summed E-state index contributed by atoms with van der Waals surface area (Å²) in [4.78, 5) is 45.3. The number of nitrogens with zero attached hydrogens (tertiary/aromatic N) is 3. The quantitative estimate of drug-likeness (QED) is 0.194. The first-order chi connectivity index (χ1) is 21.2. The zero-order valence-corrected chi connectivity index (χ0v) is 25.8. The molecule has 0 atom stereocenters. The molecule has 44 heavy (non-hydrogen) atoms. The third-order valence-corrected chi connectivity index (χ3v) is 7.60. The van der Waals surface area contributed by atoms with Crippen LogP contribution >= 0.6 is 0 Å². The first-order valence-corrected chi connectivity index (χ1v) is 15.0. The van der Waals surface area contributed by atoms with Crippen molar-refractivity contribution in [2.24, 2.45) is 0 Å². The van der Waals surface area contributed by atoms with Gasteiger partial charge in [0.1, 0.15) is 0 Å². The second kappa shape index (κ2) is 15.6. The fourth-order valence-corrected chi connectivity index (χ4v) is 5.09. The Morgan fingerprint density at radius 2 is 1.14 bits per heavy atom. The minimum absolute atomic E-state index is 0.0876. The Hall–Kier alpha value is -4.75. The van der Waals surface area contributed by atoms with Gasteiger partial charge in [-0.05, 0) is 61.8 Å². The summed E-state index contributed by atoms with van der Waals surface area (Å²) >= 11 is 0. The molecule has 0 radical (unpaired) electrons. The number of amides is 2. The number of benzene rings is 4. The molecule has 0 unspecified atom stereocenters. The van der Waals surface area contributed by atoms with Crippen molar-refractivity contribution < 1.29 is 19.5 Å². The summed E-state index contributed by atoms with van der Waals surface area (Å²) in [6.45, 7) is 4.19. The third-order valence-electron chi connectivity index (χ3n) is 7.60. The molecule has 0 bridgehead atoms. The molecular formula is C37H41N3O4. The van der Waals surface area contributed by atoms with E-state index in [1.807, 2.05) is 122 Å². The number of rotatable bonds is 14. The van der Waals surface area contributed by atoms with Crippen molar-refractivity contribution in [1.82, 2.24) is 14.7 Å². The van der Waals surface area contributed by atoms with Gasteiger partial charge in [-0.15, -0.1) is 0 Å². The van der Waals surface area contributed by atoms with E-state index in [1.165, 1.54) is 0 Å². The van der Waals surface area contributed by atoms with Gasteiger partial charge in [-0.3, -0.25) is 14.4 Å². The van der Waals surface area contributed by atoms with Gasteiger partial charge in [-0.25, -0.2) is 0 Å². The van der Waals surface area contributed by atoms with Crippen LogP contribution in [0, 0.1) is 6.92 Å². The molecule has 2 amide bonds. The van der Waals surface area contributed by atoms with Gasteiger partial charge in [-0.2, -0.15) is 0 Å². The summed E-state index contributed by atoms with van der Waals surface area (Å²) in [7, 11) is 3.96. The van der Waals surface area contributed by atoms with Crippen LogP contribution in [0.2, 0.25) is 0 Å². The Bertz CT molecular complexity index is 1550. The van der Waals surface area contributed by atoms with Crippen molar-refractivity contribution in [1.29, 1.82) is 0 Å². The number of carbonyl (C=O) groups is 3. The van der Waals surface area contributed by atoms with Gasteiger partial charge in [0.15, 0.2) is 0 Å². The van der Waals surface area contributed by atoms with E-state index in [2.05, 4.69) is 0 Å². The van der Waals surface area contributed by atoms with Crippen LogP contribution in [0.4, 0.5) is 0 Å². The maximum atomic E-state index is 14.2. The highest BCUT2D eigenvalue weighted by Crippen LogP contribution is 2.30. The fraction of sp³-hybridized carbons (Fsp3) is 0.270. The Balaban J connectivity index is 1.67. The molecule has 0 saturated carbocycles. The number of likely N-dealkylation sites (N-methyl/N-ethyl adjacent to an activating group) is 1. The molecule has 0 aliphatic heterocycles. The zero-order chi connectivity index (χ0) is 31.5. The van der Waals surface area contributed by atoms with Crippen LogP contribution in [0.3, 0.4) is 0 Å². The van der Waals surface area contributed by atoms with E-state index in [-0.39, 0.29) is 24.8 Å². The summed E-state index contributed by atoms with van der Waals surface area (Å²) in [5.41, 5.74) is 5.52. The lowest BCUT2D eigenvalue weighted by Gasteiger charge is -2.27. The van der Waals surface area contributed by atoms with E-state index in [0.717, 1.165) is 16.7 Å². The second-order valence-electron chi connectivity index (χ2n) is 11.3. The Morgan fingerprint density at radius 3 is 1.70 bits per heavy atom. The highest BCUT2D eigenvalue weighted by molar-refractivity contribution is 6.06. The monoisotopic (exact) mass is 591 g/mol. The van der Waals surface area contributed by atoms with Crippen molar-refractivity contribution in [3.8, 4) is 11.1 Å². The van der Waals surface area contributed by atoms with Crippen molar-refractivity contribution in [3.05, 3.63) is 131 Å². The molecule has 0 spiro atoms. The van der Waals surface area contributed by atoms with Gasteiger partial charge in [-0.1, -0.05) is 96.6 Å². The lowest BCUT2D eigenvalue weighted by Crippen LogP contribution is -2.36. The van der Waals surface area contributed by atoms with Crippen LogP contribution in [-0.2, 0) is 17.8 Å². The Labute approximate surface area is 260 Å². The van der Waals surface area contributed by atoms with Crippen molar-refractivity contribution in [2.75, 3.05) is 40.3 Å².